The van der Waals surface area contributed by atoms with Gasteiger partial charge >= 0.3 is 0 Å². The van der Waals surface area contributed by atoms with Gasteiger partial charge in [0, 0.05) is 31.3 Å². The van der Waals surface area contributed by atoms with Gasteiger partial charge in [0.15, 0.2) is 0 Å². The lowest BCUT2D eigenvalue weighted by molar-refractivity contribution is 1.09. The monoisotopic (exact) mass is 305 g/mol. The molecule has 1 aromatic heterocycles. The van der Waals surface area contributed by atoms with Gasteiger partial charge in [0.1, 0.15) is 0 Å². The molecule has 0 saturated heterocycles. The molecule has 0 spiro atoms. The Hall–Kier alpha value is -1.55. The predicted molar refractivity (Wildman–Crippen MR) is 80.0 cm³/mol. The van der Waals surface area contributed by atoms with E-state index < -0.39 is 0 Å². The second-order valence-electron chi connectivity index (χ2n) is 4.27. The van der Waals surface area contributed by atoms with Crippen LogP contribution in [0.2, 0.25) is 0 Å². The van der Waals surface area contributed by atoms with E-state index in [0.717, 1.165) is 22.4 Å². The first-order valence-corrected chi connectivity index (χ1v) is 6.56. The van der Waals surface area contributed by atoms with Gasteiger partial charge in [-0.25, -0.2) is 0 Å². The number of rotatable bonds is 4. The Labute approximate surface area is 116 Å². The van der Waals surface area contributed by atoms with Crippen molar-refractivity contribution in [3.63, 3.8) is 0 Å². The molecular formula is C14H16BrN3. The SMILES string of the molecule is CN(C)c1ccncc1NCc1cccc(Br)c1. The van der Waals surface area contributed by atoms with Crippen molar-refractivity contribution in [3.8, 4) is 0 Å². The summed E-state index contributed by atoms with van der Waals surface area (Å²) in [6.45, 7) is 0.784. The molecule has 0 bridgehead atoms. The van der Waals surface area contributed by atoms with Crippen LogP contribution in [0.15, 0.2) is 47.2 Å². The topological polar surface area (TPSA) is 28.2 Å². The summed E-state index contributed by atoms with van der Waals surface area (Å²) in [4.78, 5) is 6.23. The summed E-state index contributed by atoms with van der Waals surface area (Å²) in [6.07, 6.45) is 3.66. The Kier molecular flexibility index (Phi) is 4.20. The molecule has 0 aliphatic carbocycles. The Morgan fingerprint density at radius 2 is 2.11 bits per heavy atom. The van der Waals surface area contributed by atoms with Crippen molar-refractivity contribution in [2.24, 2.45) is 0 Å². The van der Waals surface area contributed by atoms with Crippen molar-refractivity contribution < 1.29 is 0 Å². The Bertz CT molecular complexity index is 526. The summed E-state index contributed by atoms with van der Waals surface area (Å²) in [5.74, 6) is 0. The molecule has 3 nitrogen and oxygen atoms in total. The number of hydrogen-bond donors (Lipinski definition) is 1. The van der Waals surface area contributed by atoms with Crippen LogP contribution in [0.1, 0.15) is 5.56 Å². The van der Waals surface area contributed by atoms with E-state index in [-0.39, 0.29) is 0 Å². The summed E-state index contributed by atoms with van der Waals surface area (Å²) in [6, 6.07) is 10.3. The summed E-state index contributed by atoms with van der Waals surface area (Å²) in [5.41, 5.74) is 3.42. The van der Waals surface area contributed by atoms with Crippen molar-refractivity contribution in [2.75, 3.05) is 24.3 Å². The first-order valence-electron chi connectivity index (χ1n) is 5.76. The smallest absolute Gasteiger partial charge is 0.0766 e. The van der Waals surface area contributed by atoms with E-state index in [1.807, 2.05) is 38.5 Å². The molecule has 0 saturated carbocycles. The molecular weight excluding hydrogens is 290 g/mol. The molecule has 2 aromatic rings. The highest BCUT2D eigenvalue weighted by Gasteiger charge is 2.03. The molecule has 1 heterocycles. The number of pyridine rings is 1. The third-order valence-corrected chi connectivity index (χ3v) is 3.15. The largest absolute Gasteiger partial charge is 0.378 e. The van der Waals surface area contributed by atoms with E-state index in [4.69, 9.17) is 0 Å². The summed E-state index contributed by atoms with van der Waals surface area (Å²) < 4.78 is 1.10. The molecule has 18 heavy (non-hydrogen) atoms. The molecule has 0 aliphatic rings. The quantitative estimate of drug-likeness (QED) is 0.937. The van der Waals surface area contributed by atoms with Gasteiger partial charge in [-0.3, -0.25) is 4.98 Å². The fraction of sp³-hybridized carbons (Fsp3) is 0.214. The third-order valence-electron chi connectivity index (χ3n) is 2.65. The Morgan fingerprint density at radius 3 is 2.83 bits per heavy atom. The minimum Gasteiger partial charge on any atom is -0.378 e. The van der Waals surface area contributed by atoms with Gasteiger partial charge in [-0.15, -0.1) is 0 Å². The minimum absolute atomic E-state index is 0.784. The third kappa shape index (κ3) is 3.23. The molecule has 4 heteroatoms. The number of benzene rings is 1. The van der Waals surface area contributed by atoms with Gasteiger partial charge in [0.25, 0.3) is 0 Å². The molecule has 1 N–H and O–H groups in total. The van der Waals surface area contributed by atoms with E-state index in [1.54, 1.807) is 6.20 Å². The molecule has 0 amide bonds. The Balaban J connectivity index is 2.11. The molecule has 0 radical (unpaired) electrons. The zero-order valence-corrected chi connectivity index (χ0v) is 12.1. The second kappa shape index (κ2) is 5.87. The molecule has 2 rings (SSSR count). The van der Waals surface area contributed by atoms with Gasteiger partial charge in [0.2, 0.25) is 0 Å². The van der Waals surface area contributed by atoms with Gasteiger partial charge in [-0.2, -0.15) is 0 Å². The minimum atomic E-state index is 0.784. The van der Waals surface area contributed by atoms with Crippen molar-refractivity contribution in [2.45, 2.75) is 6.54 Å². The molecule has 0 atom stereocenters. The van der Waals surface area contributed by atoms with E-state index in [1.165, 1.54) is 5.56 Å². The lowest BCUT2D eigenvalue weighted by atomic mass is 10.2. The van der Waals surface area contributed by atoms with Crippen molar-refractivity contribution in [1.29, 1.82) is 0 Å². The van der Waals surface area contributed by atoms with Crippen molar-refractivity contribution in [3.05, 3.63) is 52.8 Å². The van der Waals surface area contributed by atoms with Crippen LogP contribution in [0.5, 0.6) is 0 Å². The molecule has 0 fully saturated rings. The second-order valence-corrected chi connectivity index (χ2v) is 5.19. The molecule has 94 valence electrons. The number of aromatic nitrogens is 1. The van der Waals surface area contributed by atoms with Crippen LogP contribution in [0, 0.1) is 0 Å². The molecule has 0 unspecified atom stereocenters. The maximum Gasteiger partial charge on any atom is 0.0766 e. The predicted octanol–water partition coefficient (Wildman–Crippen LogP) is 3.52. The zero-order chi connectivity index (χ0) is 13.0. The summed E-state index contributed by atoms with van der Waals surface area (Å²) in [7, 11) is 4.05. The normalized spacial score (nSPS) is 10.2. The molecule has 1 aromatic carbocycles. The number of nitrogens with zero attached hydrogens (tertiary/aromatic N) is 2. The average Bonchev–Trinajstić information content (AvgIpc) is 2.37. The fourth-order valence-electron chi connectivity index (χ4n) is 1.76. The van der Waals surface area contributed by atoms with E-state index >= 15 is 0 Å². The van der Waals surface area contributed by atoms with Crippen molar-refractivity contribution in [1.82, 2.24) is 4.98 Å². The first-order chi connectivity index (χ1) is 8.66. The van der Waals surface area contributed by atoms with Crippen LogP contribution in [-0.2, 0) is 6.54 Å². The average molecular weight is 306 g/mol. The number of anilines is 2. The van der Waals surface area contributed by atoms with Crippen LogP contribution < -0.4 is 10.2 Å². The van der Waals surface area contributed by atoms with Gasteiger partial charge in [-0.05, 0) is 23.8 Å². The number of hydrogen-bond acceptors (Lipinski definition) is 3. The van der Waals surface area contributed by atoms with Crippen LogP contribution in [0.25, 0.3) is 0 Å². The standard InChI is InChI=1S/C14H16BrN3/c1-18(2)14-6-7-16-10-13(14)17-9-11-4-3-5-12(15)8-11/h3-8,10,17H,9H2,1-2H3. The van der Waals surface area contributed by atoms with Crippen LogP contribution in [-0.4, -0.2) is 19.1 Å². The summed E-state index contributed by atoms with van der Waals surface area (Å²) in [5, 5.41) is 3.41. The van der Waals surface area contributed by atoms with E-state index in [0.29, 0.717) is 0 Å². The lowest BCUT2D eigenvalue weighted by Gasteiger charge is -2.17. The maximum atomic E-state index is 4.16. The summed E-state index contributed by atoms with van der Waals surface area (Å²) >= 11 is 3.48. The zero-order valence-electron chi connectivity index (χ0n) is 10.5. The first kappa shape index (κ1) is 12.9. The fourth-order valence-corrected chi connectivity index (χ4v) is 2.20. The van der Waals surface area contributed by atoms with E-state index in [9.17, 15) is 0 Å². The molecule has 0 aliphatic heterocycles. The lowest BCUT2D eigenvalue weighted by Crippen LogP contribution is -2.12. The van der Waals surface area contributed by atoms with Crippen LogP contribution >= 0.6 is 15.9 Å². The number of halogens is 1. The highest BCUT2D eigenvalue weighted by atomic mass is 79.9. The maximum absolute atomic E-state index is 4.16. The van der Waals surface area contributed by atoms with Crippen molar-refractivity contribution >= 4 is 27.3 Å². The van der Waals surface area contributed by atoms with Gasteiger partial charge in [-0.1, -0.05) is 28.1 Å². The van der Waals surface area contributed by atoms with E-state index in [2.05, 4.69) is 43.3 Å². The highest BCUT2D eigenvalue weighted by Crippen LogP contribution is 2.23. The van der Waals surface area contributed by atoms with Crippen LogP contribution in [0.3, 0.4) is 0 Å². The van der Waals surface area contributed by atoms with Crippen LogP contribution in [0.4, 0.5) is 11.4 Å². The van der Waals surface area contributed by atoms with Gasteiger partial charge in [0.05, 0.1) is 17.6 Å². The number of nitrogens with one attached hydrogen (secondary N) is 1. The Morgan fingerprint density at radius 1 is 1.28 bits per heavy atom. The highest BCUT2D eigenvalue weighted by molar-refractivity contribution is 9.10. The van der Waals surface area contributed by atoms with Gasteiger partial charge < -0.3 is 10.2 Å².